The number of aldehydes is 1. The Labute approximate surface area is 118 Å². The second kappa shape index (κ2) is 5.28. The van der Waals surface area contributed by atoms with Crippen LogP contribution in [-0.4, -0.2) is 16.1 Å². The van der Waals surface area contributed by atoms with E-state index in [1.54, 1.807) is 12.1 Å². The highest BCUT2D eigenvalue weighted by Crippen LogP contribution is 2.33. The fraction of sp³-hybridized carbons (Fsp3) is 0.231. The Morgan fingerprint density at radius 1 is 1.40 bits per heavy atom. The Hall–Kier alpha value is -1.82. The molecule has 0 aliphatic heterocycles. The monoisotopic (exact) mass is 302 g/mol. The molecule has 1 aromatic carbocycles. The van der Waals surface area contributed by atoms with Crippen molar-refractivity contribution in [2.45, 2.75) is 19.6 Å². The predicted molar refractivity (Wildman–Crippen MR) is 67.9 cm³/mol. The van der Waals surface area contributed by atoms with Crippen LogP contribution in [0.3, 0.4) is 0 Å². The molecule has 0 aliphatic carbocycles. The molecule has 0 saturated heterocycles. The number of halogens is 4. The van der Waals surface area contributed by atoms with Crippen LogP contribution in [-0.2, 0) is 12.7 Å². The first-order chi connectivity index (χ1) is 9.32. The molecule has 0 unspecified atom stereocenters. The van der Waals surface area contributed by atoms with Crippen molar-refractivity contribution >= 4 is 17.9 Å². The van der Waals surface area contributed by atoms with Crippen LogP contribution in [0.5, 0.6) is 0 Å². The Morgan fingerprint density at radius 3 is 2.60 bits per heavy atom. The van der Waals surface area contributed by atoms with Crippen LogP contribution in [0.15, 0.2) is 24.3 Å². The highest BCUT2D eigenvalue weighted by molar-refractivity contribution is 6.32. The smallest absolute Gasteiger partial charge is 0.298 e. The summed E-state index contributed by atoms with van der Waals surface area (Å²) in [6.07, 6.45) is -4.64. The molecule has 0 spiro atoms. The molecule has 20 heavy (non-hydrogen) atoms. The topological polar surface area (TPSA) is 34.9 Å². The molecule has 3 nitrogen and oxygen atoms in total. The van der Waals surface area contributed by atoms with Crippen molar-refractivity contribution in [3.05, 3.63) is 51.8 Å². The molecular formula is C13H10ClF3N2O. The number of hydrogen-bond acceptors (Lipinski definition) is 2. The van der Waals surface area contributed by atoms with E-state index >= 15 is 0 Å². The number of carbonyl (C=O) groups is 1. The van der Waals surface area contributed by atoms with E-state index in [2.05, 4.69) is 5.10 Å². The van der Waals surface area contributed by atoms with Crippen LogP contribution in [0.1, 0.15) is 27.2 Å². The largest absolute Gasteiger partial charge is 0.435 e. The molecule has 106 valence electrons. The summed E-state index contributed by atoms with van der Waals surface area (Å²) in [6.45, 7) is 1.93. The molecule has 0 atom stereocenters. The maximum Gasteiger partial charge on any atom is 0.435 e. The zero-order valence-electron chi connectivity index (χ0n) is 10.4. The second-order valence-electron chi connectivity index (χ2n) is 4.32. The number of carbonyl (C=O) groups excluding carboxylic acids is 1. The zero-order chi connectivity index (χ0) is 14.9. The van der Waals surface area contributed by atoms with Gasteiger partial charge < -0.3 is 0 Å². The van der Waals surface area contributed by atoms with E-state index in [1.807, 2.05) is 19.1 Å². The normalized spacial score (nSPS) is 11.7. The van der Waals surface area contributed by atoms with Crippen molar-refractivity contribution < 1.29 is 18.0 Å². The van der Waals surface area contributed by atoms with Crippen LogP contribution < -0.4 is 0 Å². The van der Waals surface area contributed by atoms with Gasteiger partial charge in [-0.3, -0.25) is 4.79 Å². The molecule has 2 aromatic rings. The lowest BCUT2D eigenvalue weighted by atomic mass is 10.1. The number of hydrogen-bond donors (Lipinski definition) is 0. The fourth-order valence-electron chi connectivity index (χ4n) is 1.86. The lowest BCUT2D eigenvalue weighted by Crippen LogP contribution is -2.10. The minimum atomic E-state index is -4.71. The summed E-state index contributed by atoms with van der Waals surface area (Å²) >= 11 is 5.79. The molecule has 7 heteroatoms. The molecule has 2 rings (SSSR count). The Kier molecular flexibility index (Phi) is 3.85. The van der Waals surface area contributed by atoms with E-state index in [0.29, 0.717) is 0 Å². The number of aromatic nitrogens is 2. The van der Waals surface area contributed by atoms with E-state index in [1.165, 1.54) is 0 Å². The van der Waals surface area contributed by atoms with Crippen molar-refractivity contribution in [3.63, 3.8) is 0 Å². The van der Waals surface area contributed by atoms with Gasteiger partial charge in [-0.05, 0) is 12.5 Å². The average Bonchev–Trinajstić information content (AvgIpc) is 2.66. The summed E-state index contributed by atoms with van der Waals surface area (Å²) in [6, 6.07) is 7.21. The third-order valence-corrected chi connectivity index (χ3v) is 3.12. The third-order valence-electron chi connectivity index (χ3n) is 2.73. The van der Waals surface area contributed by atoms with Crippen molar-refractivity contribution in [1.29, 1.82) is 0 Å². The summed E-state index contributed by atoms with van der Waals surface area (Å²) in [5.74, 6) is 0. The summed E-state index contributed by atoms with van der Waals surface area (Å²) in [5, 5.41) is 3.09. The van der Waals surface area contributed by atoms with Gasteiger partial charge in [-0.1, -0.05) is 41.4 Å². The number of alkyl halides is 3. The first-order valence-electron chi connectivity index (χ1n) is 5.67. The minimum Gasteiger partial charge on any atom is -0.298 e. The van der Waals surface area contributed by atoms with Crippen LogP contribution in [0.25, 0.3) is 0 Å². The SMILES string of the molecule is Cc1cccc(Cn2nc(C(F)(F)F)c(C=O)c2Cl)c1. The quantitative estimate of drug-likeness (QED) is 0.810. The molecule has 0 N–H and O–H groups in total. The summed E-state index contributed by atoms with van der Waals surface area (Å²) in [4.78, 5) is 10.8. The van der Waals surface area contributed by atoms with Crippen molar-refractivity contribution in [1.82, 2.24) is 9.78 Å². The average molecular weight is 303 g/mol. The van der Waals surface area contributed by atoms with Gasteiger partial charge in [0.25, 0.3) is 0 Å². The van der Waals surface area contributed by atoms with E-state index in [9.17, 15) is 18.0 Å². The molecule has 0 saturated carbocycles. The highest BCUT2D eigenvalue weighted by Gasteiger charge is 2.39. The number of nitrogens with zero attached hydrogens (tertiary/aromatic N) is 2. The molecular weight excluding hydrogens is 293 g/mol. The predicted octanol–water partition coefficient (Wildman–Crippen LogP) is 3.72. The van der Waals surface area contributed by atoms with Crippen LogP contribution >= 0.6 is 11.6 Å². The van der Waals surface area contributed by atoms with Crippen molar-refractivity contribution in [2.75, 3.05) is 0 Å². The van der Waals surface area contributed by atoms with Gasteiger partial charge in [0, 0.05) is 0 Å². The van der Waals surface area contributed by atoms with E-state index in [0.717, 1.165) is 15.8 Å². The Bertz CT molecular complexity index is 650. The molecule has 0 aliphatic rings. The van der Waals surface area contributed by atoms with E-state index in [4.69, 9.17) is 11.6 Å². The van der Waals surface area contributed by atoms with Gasteiger partial charge in [0.1, 0.15) is 5.15 Å². The zero-order valence-corrected chi connectivity index (χ0v) is 11.2. The summed E-state index contributed by atoms with van der Waals surface area (Å²) in [7, 11) is 0. The van der Waals surface area contributed by atoms with E-state index in [-0.39, 0.29) is 18.0 Å². The molecule has 1 aromatic heterocycles. The molecule has 0 amide bonds. The standard InChI is InChI=1S/C13H10ClF3N2O/c1-8-3-2-4-9(5-8)6-19-12(14)10(7-20)11(18-19)13(15,16)17/h2-5,7H,6H2,1H3. The molecule has 0 bridgehead atoms. The van der Waals surface area contributed by atoms with Gasteiger partial charge >= 0.3 is 6.18 Å². The van der Waals surface area contributed by atoms with Gasteiger partial charge in [0.05, 0.1) is 12.1 Å². The lowest BCUT2D eigenvalue weighted by Gasteiger charge is -2.05. The summed E-state index contributed by atoms with van der Waals surface area (Å²) in [5.41, 5.74) is -0.171. The number of aryl methyl sites for hydroxylation is 1. The van der Waals surface area contributed by atoms with Gasteiger partial charge in [-0.15, -0.1) is 0 Å². The van der Waals surface area contributed by atoms with Gasteiger partial charge in [0.15, 0.2) is 12.0 Å². The maximum absolute atomic E-state index is 12.7. The van der Waals surface area contributed by atoms with E-state index < -0.39 is 17.4 Å². The van der Waals surface area contributed by atoms with Gasteiger partial charge in [-0.25, -0.2) is 4.68 Å². The van der Waals surface area contributed by atoms with Gasteiger partial charge in [0.2, 0.25) is 0 Å². The Balaban J connectivity index is 2.43. The van der Waals surface area contributed by atoms with Crippen molar-refractivity contribution in [2.24, 2.45) is 0 Å². The second-order valence-corrected chi connectivity index (χ2v) is 4.67. The molecule has 0 fully saturated rings. The lowest BCUT2D eigenvalue weighted by molar-refractivity contribution is -0.141. The van der Waals surface area contributed by atoms with Gasteiger partial charge in [-0.2, -0.15) is 18.3 Å². The molecule has 0 radical (unpaired) electrons. The first kappa shape index (κ1) is 14.6. The first-order valence-corrected chi connectivity index (χ1v) is 6.05. The van der Waals surface area contributed by atoms with Crippen molar-refractivity contribution in [3.8, 4) is 0 Å². The Morgan fingerprint density at radius 2 is 2.10 bits per heavy atom. The maximum atomic E-state index is 12.7. The van der Waals surface area contributed by atoms with Crippen LogP contribution in [0, 0.1) is 6.92 Å². The fourth-order valence-corrected chi connectivity index (χ4v) is 2.09. The minimum absolute atomic E-state index is 0.0669. The van der Waals surface area contributed by atoms with Crippen LogP contribution in [0.4, 0.5) is 13.2 Å². The highest BCUT2D eigenvalue weighted by atomic mass is 35.5. The number of benzene rings is 1. The summed E-state index contributed by atoms with van der Waals surface area (Å²) < 4.78 is 39.2. The molecule has 1 heterocycles. The number of rotatable bonds is 3. The van der Waals surface area contributed by atoms with Crippen LogP contribution in [0.2, 0.25) is 5.15 Å². The third kappa shape index (κ3) is 2.85.